The van der Waals surface area contributed by atoms with E-state index in [2.05, 4.69) is 51.2 Å². The van der Waals surface area contributed by atoms with E-state index in [1.165, 1.54) is 43.2 Å². The molecule has 2 aromatic heterocycles. The zero-order chi connectivity index (χ0) is 14.1. The molecule has 1 N–H and O–H groups in total. The second-order valence-corrected chi connectivity index (χ2v) is 6.10. The summed E-state index contributed by atoms with van der Waals surface area (Å²) in [7, 11) is 0. The summed E-state index contributed by atoms with van der Waals surface area (Å²) in [6.07, 6.45) is 10.9. The molecule has 0 atom stereocenters. The third-order valence-corrected chi connectivity index (χ3v) is 4.62. The maximum absolute atomic E-state index is 4.59. The van der Waals surface area contributed by atoms with Crippen LogP contribution in [0.3, 0.4) is 0 Å². The molecule has 0 amide bonds. The molecule has 2 heterocycles. The van der Waals surface area contributed by atoms with Gasteiger partial charge in [0.25, 0.3) is 0 Å². The molecule has 0 bridgehead atoms. The van der Waals surface area contributed by atoms with E-state index in [9.17, 15) is 0 Å². The largest absolute Gasteiger partial charge is 0.314 e. The van der Waals surface area contributed by atoms with Crippen LogP contribution in [-0.4, -0.2) is 15.4 Å². The summed E-state index contributed by atoms with van der Waals surface area (Å²) < 4.78 is 2.20. The Bertz CT molecular complexity index is 753. The lowest BCUT2D eigenvalue weighted by Crippen LogP contribution is -2.30. The van der Waals surface area contributed by atoms with Gasteiger partial charge in [-0.25, -0.2) is 0 Å². The standard InChI is InChI=1S/C18H21N3/c1-2-5-15(6-3-1)19-12-14-8-9-18-17(11-14)20-13-16-7-4-10-21(16)18/h4,7-11,13,15,19H,1-3,5-6,12H2. The fourth-order valence-electron chi connectivity index (χ4n) is 3.41. The van der Waals surface area contributed by atoms with Gasteiger partial charge in [0, 0.05) is 18.8 Å². The second-order valence-electron chi connectivity index (χ2n) is 6.10. The Hall–Kier alpha value is -1.87. The summed E-state index contributed by atoms with van der Waals surface area (Å²) in [6, 6.07) is 11.5. The summed E-state index contributed by atoms with van der Waals surface area (Å²) in [5, 5.41) is 3.70. The maximum atomic E-state index is 4.59. The molecule has 21 heavy (non-hydrogen) atoms. The van der Waals surface area contributed by atoms with Crippen LogP contribution in [-0.2, 0) is 6.54 Å². The van der Waals surface area contributed by atoms with E-state index in [4.69, 9.17) is 0 Å². The minimum atomic E-state index is 0.703. The minimum Gasteiger partial charge on any atom is -0.314 e. The van der Waals surface area contributed by atoms with E-state index in [1.54, 1.807) is 0 Å². The molecule has 3 aromatic rings. The van der Waals surface area contributed by atoms with Crippen LogP contribution in [0, 0.1) is 0 Å². The van der Waals surface area contributed by atoms with E-state index in [0.717, 1.165) is 17.6 Å². The van der Waals surface area contributed by atoms with Crippen molar-refractivity contribution in [2.24, 2.45) is 0 Å². The third kappa shape index (κ3) is 2.54. The number of aromatic nitrogens is 2. The molecular weight excluding hydrogens is 258 g/mol. The topological polar surface area (TPSA) is 29.3 Å². The van der Waals surface area contributed by atoms with Crippen molar-refractivity contribution in [1.82, 2.24) is 14.7 Å². The average Bonchev–Trinajstić information content (AvgIpc) is 3.02. The molecule has 108 valence electrons. The summed E-state index contributed by atoms with van der Waals surface area (Å²) >= 11 is 0. The molecule has 1 fully saturated rings. The van der Waals surface area contributed by atoms with E-state index in [0.29, 0.717) is 6.04 Å². The fourth-order valence-corrected chi connectivity index (χ4v) is 3.41. The molecule has 0 aliphatic heterocycles. The number of fused-ring (bicyclic) bond motifs is 3. The summed E-state index contributed by atoms with van der Waals surface area (Å²) in [6.45, 7) is 0.950. The molecule has 3 nitrogen and oxygen atoms in total. The van der Waals surface area contributed by atoms with Crippen LogP contribution in [0.4, 0.5) is 0 Å². The molecule has 1 aromatic carbocycles. The van der Waals surface area contributed by atoms with Gasteiger partial charge in [0.15, 0.2) is 0 Å². The van der Waals surface area contributed by atoms with Crippen molar-refractivity contribution < 1.29 is 0 Å². The number of hydrogen-bond acceptors (Lipinski definition) is 2. The van der Waals surface area contributed by atoms with Gasteiger partial charge >= 0.3 is 0 Å². The van der Waals surface area contributed by atoms with Crippen LogP contribution in [0.15, 0.2) is 42.7 Å². The summed E-state index contributed by atoms with van der Waals surface area (Å²) in [5.41, 5.74) is 4.73. The van der Waals surface area contributed by atoms with E-state index >= 15 is 0 Å². The predicted molar refractivity (Wildman–Crippen MR) is 86.4 cm³/mol. The van der Waals surface area contributed by atoms with Crippen molar-refractivity contribution >= 4 is 16.6 Å². The first-order chi connectivity index (χ1) is 10.4. The normalized spacial score (nSPS) is 16.8. The van der Waals surface area contributed by atoms with Crippen LogP contribution < -0.4 is 5.32 Å². The number of nitrogens with one attached hydrogen (secondary N) is 1. The molecule has 0 radical (unpaired) electrons. The van der Waals surface area contributed by atoms with Crippen LogP contribution in [0.5, 0.6) is 0 Å². The van der Waals surface area contributed by atoms with Gasteiger partial charge in [-0.05, 0) is 42.7 Å². The monoisotopic (exact) mass is 279 g/mol. The highest BCUT2D eigenvalue weighted by atomic mass is 14.9. The smallest absolute Gasteiger partial charge is 0.0874 e. The first kappa shape index (κ1) is 12.8. The van der Waals surface area contributed by atoms with Crippen LogP contribution in [0.2, 0.25) is 0 Å². The van der Waals surface area contributed by atoms with E-state index in [-0.39, 0.29) is 0 Å². The van der Waals surface area contributed by atoms with E-state index in [1.807, 2.05) is 6.20 Å². The Morgan fingerprint density at radius 1 is 1.14 bits per heavy atom. The molecule has 4 rings (SSSR count). The van der Waals surface area contributed by atoms with Crippen LogP contribution >= 0.6 is 0 Å². The first-order valence-electron chi connectivity index (χ1n) is 7.98. The number of nitrogens with zero attached hydrogens (tertiary/aromatic N) is 2. The van der Waals surface area contributed by atoms with Gasteiger partial charge in [0.2, 0.25) is 0 Å². The number of rotatable bonds is 3. The highest BCUT2D eigenvalue weighted by molar-refractivity contribution is 5.78. The predicted octanol–water partition coefficient (Wildman–Crippen LogP) is 3.91. The van der Waals surface area contributed by atoms with Crippen molar-refractivity contribution in [3.63, 3.8) is 0 Å². The molecule has 0 unspecified atom stereocenters. The van der Waals surface area contributed by atoms with Gasteiger partial charge in [-0.15, -0.1) is 0 Å². The van der Waals surface area contributed by atoms with Gasteiger partial charge in [-0.2, -0.15) is 0 Å². The van der Waals surface area contributed by atoms with Gasteiger partial charge in [-0.3, -0.25) is 4.98 Å². The molecule has 1 saturated carbocycles. The zero-order valence-electron chi connectivity index (χ0n) is 12.3. The van der Waals surface area contributed by atoms with Gasteiger partial charge in [0.1, 0.15) is 0 Å². The summed E-state index contributed by atoms with van der Waals surface area (Å²) in [4.78, 5) is 4.59. The van der Waals surface area contributed by atoms with E-state index < -0.39 is 0 Å². The molecule has 0 saturated heterocycles. The van der Waals surface area contributed by atoms with Gasteiger partial charge in [-0.1, -0.05) is 25.3 Å². The minimum absolute atomic E-state index is 0.703. The lowest BCUT2D eigenvalue weighted by Gasteiger charge is -2.22. The Labute approximate surface area is 125 Å². The number of hydrogen-bond donors (Lipinski definition) is 1. The van der Waals surface area contributed by atoms with Gasteiger partial charge in [0.05, 0.1) is 22.7 Å². The van der Waals surface area contributed by atoms with Crippen molar-refractivity contribution in [3.05, 3.63) is 48.3 Å². The SMILES string of the molecule is c1cc2cnc3cc(CNC4CCCCC4)ccc3n2c1. The molecular formula is C18H21N3. The van der Waals surface area contributed by atoms with Crippen molar-refractivity contribution in [2.75, 3.05) is 0 Å². The van der Waals surface area contributed by atoms with Crippen LogP contribution in [0.25, 0.3) is 16.6 Å². The van der Waals surface area contributed by atoms with Crippen molar-refractivity contribution in [3.8, 4) is 0 Å². The van der Waals surface area contributed by atoms with Gasteiger partial charge < -0.3 is 9.72 Å². The highest BCUT2D eigenvalue weighted by Crippen LogP contribution is 2.19. The zero-order valence-corrected chi connectivity index (χ0v) is 12.3. The van der Waals surface area contributed by atoms with Crippen molar-refractivity contribution in [1.29, 1.82) is 0 Å². The average molecular weight is 279 g/mol. The van der Waals surface area contributed by atoms with Crippen LogP contribution in [0.1, 0.15) is 37.7 Å². The maximum Gasteiger partial charge on any atom is 0.0874 e. The summed E-state index contributed by atoms with van der Waals surface area (Å²) in [5.74, 6) is 0. The lowest BCUT2D eigenvalue weighted by molar-refractivity contribution is 0.372. The molecule has 1 aliphatic rings. The third-order valence-electron chi connectivity index (χ3n) is 4.62. The second kappa shape index (κ2) is 5.49. The highest BCUT2D eigenvalue weighted by Gasteiger charge is 2.12. The Kier molecular flexibility index (Phi) is 3.36. The Balaban J connectivity index is 1.57. The van der Waals surface area contributed by atoms with Crippen molar-refractivity contribution in [2.45, 2.75) is 44.7 Å². The molecule has 3 heteroatoms. The Morgan fingerprint density at radius 2 is 2.05 bits per heavy atom. The Morgan fingerprint density at radius 3 is 2.95 bits per heavy atom. The molecule has 0 spiro atoms. The lowest BCUT2D eigenvalue weighted by atomic mass is 9.95. The number of benzene rings is 1. The molecule has 1 aliphatic carbocycles. The first-order valence-corrected chi connectivity index (χ1v) is 7.98. The quantitative estimate of drug-likeness (QED) is 0.787. The fraction of sp³-hybridized carbons (Fsp3) is 0.389.